The first kappa shape index (κ1) is 20.3. The number of methoxy groups -OCH3 is 1. The van der Waals surface area contributed by atoms with Gasteiger partial charge in [-0.15, -0.1) is 0 Å². The molecule has 1 heterocycles. The van der Waals surface area contributed by atoms with Gasteiger partial charge in [0.1, 0.15) is 13.2 Å². The molecule has 0 saturated carbocycles. The van der Waals surface area contributed by atoms with Gasteiger partial charge in [0.15, 0.2) is 17.6 Å². The molecular formula is C22H23NO6. The van der Waals surface area contributed by atoms with E-state index in [4.69, 9.17) is 18.9 Å². The van der Waals surface area contributed by atoms with Crippen molar-refractivity contribution in [3.63, 3.8) is 0 Å². The van der Waals surface area contributed by atoms with Crippen LogP contribution in [0, 0.1) is 6.92 Å². The highest BCUT2D eigenvalue weighted by molar-refractivity contribution is 5.96. The van der Waals surface area contributed by atoms with Gasteiger partial charge in [0.05, 0.1) is 7.11 Å². The Labute approximate surface area is 169 Å². The molecule has 7 heteroatoms. The van der Waals surface area contributed by atoms with Crippen molar-refractivity contribution in [3.8, 4) is 17.2 Å². The first-order chi connectivity index (χ1) is 14.0. The van der Waals surface area contributed by atoms with Crippen molar-refractivity contribution in [1.29, 1.82) is 0 Å². The Morgan fingerprint density at radius 3 is 2.72 bits per heavy atom. The summed E-state index contributed by atoms with van der Waals surface area (Å²) in [5.41, 5.74) is 2.35. The van der Waals surface area contributed by atoms with Crippen LogP contribution in [0.4, 0.5) is 5.69 Å². The summed E-state index contributed by atoms with van der Waals surface area (Å²) >= 11 is 0. The monoisotopic (exact) mass is 397 g/mol. The quantitative estimate of drug-likeness (QED) is 0.595. The van der Waals surface area contributed by atoms with Crippen LogP contribution in [0.2, 0.25) is 0 Å². The third-order valence-corrected chi connectivity index (χ3v) is 4.21. The number of benzene rings is 2. The summed E-state index contributed by atoms with van der Waals surface area (Å²) in [5, 5.41) is 2.72. The van der Waals surface area contributed by atoms with Crippen molar-refractivity contribution >= 4 is 23.6 Å². The maximum atomic E-state index is 12.2. The lowest BCUT2D eigenvalue weighted by molar-refractivity contribution is -0.148. The largest absolute Gasteiger partial charge is 0.493 e. The van der Waals surface area contributed by atoms with Gasteiger partial charge >= 0.3 is 5.97 Å². The number of ether oxygens (including phenoxy) is 4. The van der Waals surface area contributed by atoms with Crippen LogP contribution in [0.25, 0.3) is 6.08 Å². The molecule has 0 unspecified atom stereocenters. The first-order valence-corrected chi connectivity index (χ1v) is 9.20. The Hall–Kier alpha value is -3.48. The van der Waals surface area contributed by atoms with Crippen LogP contribution in [0.3, 0.4) is 0 Å². The lowest BCUT2D eigenvalue weighted by atomic mass is 10.1. The number of carbonyl (C=O) groups is 2. The minimum atomic E-state index is -0.942. The molecule has 1 atom stereocenters. The van der Waals surface area contributed by atoms with Gasteiger partial charge in [-0.05, 0) is 55.3 Å². The fourth-order valence-electron chi connectivity index (χ4n) is 2.79. The summed E-state index contributed by atoms with van der Waals surface area (Å²) in [4.78, 5) is 24.3. The van der Waals surface area contributed by atoms with E-state index in [1.165, 1.54) is 20.1 Å². The zero-order valence-corrected chi connectivity index (χ0v) is 16.6. The number of hydrogen-bond acceptors (Lipinski definition) is 6. The number of anilines is 1. The second kappa shape index (κ2) is 9.14. The second-order valence-electron chi connectivity index (χ2n) is 6.52. The van der Waals surface area contributed by atoms with Crippen LogP contribution in [0.15, 0.2) is 42.5 Å². The van der Waals surface area contributed by atoms with E-state index in [1.807, 2.05) is 25.1 Å². The van der Waals surface area contributed by atoms with E-state index in [2.05, 4.69) is 5.32 Å². The highest BCUT2D eigenvalue weighted by Gasteiger charge is 2.19. The van der Waals surface area contributed by atoms with E-state index in [0.29, 0.717) is 41.7 Å². The van der Waals surface area contributed by atoms with Gasteiger partial charge in [-0.1, -0.05) is 12.1 Å². The molecule has 0 aromatic heterocycles. The Morgan fingerprint density at radius 1 is 1.17 bits per heavy atom. The van der Waals surface area contributed by atoms with Gasteiger partial charge in [0, 0.05) is 11.8 Å². The Bertz CT molecular complexity index is 920. The van der Waals surface area contributed by atoms with Crippen molar-refractivity contribution in [1.82, 2.24) is 0 Å². The Balaban J connectivity index is 1.61. The Morgan fingerprint density at radius 2 is 1.97 bits per heavy atom. The molecule has 1 aliphatic heterocycles. The van der Waals surface area contributed by atoms with Crippen molar-refractivity contribution in [3.05, 3.63) is 53.6 Å². The molecule has 3 rings (SSSR count). The van der Waals surface area contributed by atoms with Crippen LogP contribution >= 0.6 is 0 Å². The van der Waals surface area contributed by atoms with E-state index < -0.39 is 18.0 Å². The zero-order valence-electron chi connectivity index (χ0n) is 16.6. The predicted octanol–water partition coefficient (Wildman–Crippen LogP) is 3.36. The molecule has 0 bridgehead atoms. The number of amides is 1. The van der Waals surface area contributed by atoms with Crippen LogP contribution in [-0.4, -0.2) is 38.3 Å². The van der Waals surface area contributed by atoms with Crippen LogP contribution in [0.1, 0.15) is 18.1 Å². The summed E-state index contributed by atoms with van der Waals surface area (Å²) in [5.74, 6) is 0.569. The number of nitrogens with one attached hydrogen (secondary N) is 1. The molecule has 2 aromatic rings. The molecule has 1 amide bonds. The SMILES string of the molecule is COc1cc(/C=C/C(=O)O[C@H](C)C(=O)Nc2cccc(C)c2)cc2c1OCCO2. The van der Waals surface area contributed by atoms with Gasteiger partial charge in [0.2, 0.25) is 5.75 Å². The number of fused-ring (bicyclic) bond motifs is 1. The van der Waals surface area contributed by atoms with E-state index in [0.717, 1.165) is 5.56 Å². The molecule has 1 N–H and O–H groups in total. The van der Waals surface area contributed by atoms with Gasteiger partial charge < -0.3 is 24.3 Å². The van der Waals surface area contributed by atoms with Crippen LogP contribution in [-0.2, 0) is 14.3 Å². The minimum Gasteiger partial charge on any atom is -0.493 e. The molecule has 0 aliphatic carbocycles. The van der Waals surface area contributed by atoms with Crippen LogP contribution in [0.5, 0.6) is 17.2 Å². The van der Waals surface area contributed by atoms with Crippen LogP contribution < -0.4 is 19.5 Å². The summed E-state index contributed by atoms with van der Waals surface area (Å²) in [6, 6.07) is 10.8. The number of hydrogen-bond donors (Lipinski definition) is 1. The molecule has 2 aromatic carbocycles. The summed E-state index contributed by atoms with van der Waals surface area (Å²) in [6.07, 6.45) is 1.87. The zero-order chi connectivity index (χ0) is 20.8. The molecule has 0 saturated heterocycles. The molecule has 0 spiro atoms. The predicted molar refractivity (Wildman–Crippen MR) is 108 cm³/mol. The Kier molecular flexibility index (Phi) is 6.39. The molecule has 29 heavy (non-hydrogen) atoms. The van der Waals surface area contributed by atoms with E-state index >= 15 is 0 Å². The van der Waals surface area contributed by atoms with Gasteiger partial charge in [0.25, 0.3) is 5.91 Å². The number of aryl methyl sites for hydroxylation is 1. The average Bonchev–Trinajstić information content (AvgIpc) is 2.71. The van der Waals surface area contributed by atoms with Crippen molar-refractivity contribution in [2.24, 2.45) is 0 Å². The topological polar surface area (TPSA) is 83.1 Å². The second-order valence-corrected chi connectivity index (χ2v) is 6.52. The van der Waals surface area contributed by atoms with Crippen molar-refractivity contribution in [2.45, 2.75) is 20.0 Å². The fourth-order valence-corrected chi connectivity index (χ4v) is 2.79. The van der Waals surface area contributed by atoms with Gasteiger partial charge in [-0.3, -0.25) is 4.79 Å². The highest BCUT2D eigenvalue weighted by Crippen LogP contribution is 2.40. The maximum absolute atomic E-state index is 12.2. The smallest absolute Gasteiger partial charge is 0.331 e. The lowest BCUT2D eigenvalue weighted by Crippen LogP contribution is -2.29. The summed E-state index contributed by atoms with van der Waals surface area (Å²) in [7, 11) is 1.53. The number of rotatable bonds is 6. The van der Waals surface area contributed by atoms with Crippen molar-refractivity contribution < 1.29 is 28.5 Å². The summed E-state index contributed by atoms with van der Waals surface area (Å²) < 4.78 is 21.6. The molecule has 0 fully saturated rings. The molecule has 1 aliphatic rings. The molecular weight excluding hydrogens is 374 g/mol. The van der Waals surface area contributed by atoms with Gasteiger partial charge in [-0.25, -0.2) is 4.79 Å². The standard InChI is InChI=1S/C22H23NO6/c1-14-5-4-6-17(11-14)23-22(25)15(2)29-20(24)8-7-16-12-18(26-3)21-19(13-16)27-9-10-28-21/h4-8,11-13,15H,9-10H2,1-3H3,(H,23,25)/b8-7+/t15-/m1/s1. The number of carbonyl (C=O) groups excluding carboxylic acids is 2. The molecule has 7 nitrogen and oxygen atoms in total. The molecule has 152 valence electrons. The third-order valence-electron chi connectivity index (χ3n) is 4.21. The van der Waals surface area contributed by atoms with E-state index in [-0.39, 0.29) is 0 Å². The number of esters is 1. The van der Waals surface area contributed by atoms with Gasteiger partial charge in [-0.2, -0.15) is 0 Å². The van der Waals surface area contributed by atoms with E-state index in [9.17, 15) is 9.59 Å². The van der Waals surface area contributed by atoms with Crippen molar-refractivity contribution in [2.75, 3.05) is 25.6 Å². The lowest BCUT2D eigenvalue weighted by Gasteiger charge is -2.20. The summed E-state index contributed by atoms with van der Waals surface area (Å²) in [6.45, 7) is 4.34. The minimum absolute atomic E-state index is 0.404. The fraction of sp³-hybridized carbons (Fsp3) is 0.273. The third kappa shape index (κ3) is 5.28. The average molecular weight is 397 g/mol. The molecule has 0 radical (unpaired) electrons. The highest BCUT2D eigenvalue weighted by atomic mass is 16.6. The normalized spacial score (nSPS) is 13.6. The van der Waals surface area contributed by atoms with E-state index in [1.54, 1.807) is 24.3 Å². The maximum Gasteiger partial charge on any atom is 0.331 e. The first-order valence-electron chi connectivity index (χ1n) is 9.20.